The van der Waals surface area contributed by atoms with Gasteiger partial charge in [0.2, 0.25) is 5.13 Å². The number of ketones is 1. The summed E-state index contributed by atoms with van der Waals surface area (Å²) in [6, 6.07) is 6.24. The van der Waals surface area contributed by atoms with Crippen molar-refractivity contribution in [1.29, 1.82) is 0 Å². The number of anilines is 2. The number of thioether (sulfide) groups is 1. The molecule has 6 heteroatoms. The molecule has 1 aliphatic carbocycles. The second kappa shape index (κ2) is 6.79. The van der Waals surface area contributed by atoms with Crippen molar-refractivity contribution < 1.29 is 4.79 Å². The standard InChI is InChI=1S/C16H19N3OS2/c1-10-7-8-12(9-11(10)2)17-15-18-19-16(22-15)21-14-6-4-3-5-13(14)20/h7-9,14H,3-6H2,1-2H3,(H,17,18)/t14-/m0/s1. The van der Waals surface area contributed by atoms with Crippen LogP contribution in [0.25, 0.3) is 0 Å². The van der Waals surface area contributed by atoms with Gasteiger partial charge in [-0.1, -0.05) is 35.6 Å². The highest BCUT2D eigenvalue weighted by atomic mass is 32.2. The quantitative estimate of drug-likeness (QED) is 0.892. The Morgan fingerprint density at radius 3 is 2.86 bits per heavy atom. The van der Waals surface area contributed by atoms with Crippen LogP contribution in [0, 0.1) is 13.8 Å². The van der Waals surface area contributed by atoms with Gasteiger partial charge >= 0.3 is 0 Å². The third-order valence-corrected chi connectivity index (χ3v) is 6.14. The Hall–Kier alpha value is -1.40. The lowest BCUT2D eigenvalue weighted by atomic mass is 9.99. The van der Waals surface area contributed by atoms with E-state index in [1.165, 1.54) is 22.5 Å². The fourth-order valence-electron chi connectivity index (χ4n) is 2.45. The van der Waals surface area contributed by atoms with Crippen molar-refractivity contribution in [1.82, 2.24) is 10.2 Å². The van der Waals surface area contributed by atoms with Gasteiger partial charge in [0.1, 0.15) is 5.78 Å². The largest absolute Gasteiger partial charge is 0.330 e. The molecule has 0 unspecified atom stereocenters. The molecule has 1 N–H and O–H groups in total. The van der Waals surface area contributed by atoms with Gasteiger partial charge in [-0.25, -0.2) is 0 Å². The molecule has 1 aromatic heterocycles. The highest BCUT2D eigenvalue weighted by Gasteiger charge is 2.24. The summed E-state index contributed by atoms with van der Waals surface area (Å²) in [4.78, 5) is 11.9. The Balaban J connectivity index is 1.65. The molecular weight excluding hydrogens is 314 g/mol. The molecule has 1 atom stereocenters. The molecule has 0 aliphatic heterocycles. The number of hydrogen-bond acceptors (Lipinski definition) is 6. The van der Waals surface area contributed by atoms with Crippen LogP contribution in [0.3, 0.4) is 0 Å². The number of carbonyl (C=O) groups is 1. The van der Waals surface area contributed by atoms with E-state index in [0.29, 0.717) is 12.2 Å². The molecule has 0 bridgehead atoms. The second-order valence-electron chi connectivity index (χ2n) is 5.62. The first-order valence-electron chi connectivity index (χ1n) is 7.49. The molecule has 1 aromatic carbocycles. The lowest BCUT2D eigenvalue weighted by Crippen LogP contribution is -2.21. The summed E-state index contributed by atoms with van der Waals surface area (Å²) in [5.41, 5.74) is 3.54. The van der Waals surface area contributed by atoms with Gasteiger partial charge in [0.05, 0.1) is 5.25 Å². The molecule has 0 spiro atoms. The molecule has 3 rings (SSSR count). The third-order valence-electron chi connectivity index (χ3n) is 3.91. The normalized spacial score (nSPS) is 18.5. The highest BCUT2D eigenvalue weighted by Crippen LogP contribution is 2.35. The smallest absolute Gasteiger partial charge is 0.210 e. The average Bonchev–Trinajstić information content (AvgIpc) is 2.93. The first-order valence-corrected chi connectivity index (χ1v) is 9.18. The van der Waals surface area contributed by atoms with Crippen LogP contribution in [-0.4, -0.2) is 21.2 Å². The molecule has 1 heterocycles. The van der Waals surface area contributed by atoms with Crippen LogP contribution in [0.2, 0.25) is 0 Å². The summed E-state index contributed by atoms with van der Waals surface area (Å²) in [6.45, 7) is 4.19. The molecule has 0 saturated heterocycles. The minimum Gasteiger partial charge on any atom is -0.330 e. The van der Waals surface area contributed by atoms with E-state index in [-0.39, 0.29) is 5.25 Å². The molecule has 116 valence electrons. The zero-order valence-corrected chi connectivity index (χ0v) is 14.4. The van der Waals surface area contributed by atoms with E-state index in [0.717, 1.165) is 34.4 Å². The van der Waals surface area contributed by atoms with Crippen LogP contribution < -0.4 is 5.32 Å². The summed E-state index contributed by atoms with van der Waals surface area (Å²) in [6.07, 6.45) is 3.84. The Bertz CT molecular complexity index is 684. The molecular formula is C16H19N3OS2. The van der Waals surface area contributed by atoms with Crippen LogP contribution >= 0.6 is 23.1 Å². The predicted molar refractivity (Wildman–Crippen MR) is 92.2 cm³/mol. The number of hydrogen-bond donors (Lipinski definition) is 1. The third kappa shape index (κ3) is 3.67. The Labute approximate surface area is 138 Å². The maximum Gasteiger partial charge on any atom is 0.210 e. The van der Waals surface area contributed by atoms with E-state index in [1.54, 1.807) is 11.8 Å². The second-order valence-corrected chi connectivity index (χ2v) is 8.04. The van der Waals surface area contributed by atoms with Gasteiger partial charge in [-0.3, -0.25) is 4.79 Å². The molecule has 4 nitrogen and oxygen atoms in total. The topological polar surface area (TPSA) is 54.9 Å². The lowest BCUT2D eigenvalue weighted by molar-refractivity contribution is -0.119. The van der Waals surface area contributed by atoms with E-state index in [1.807, 2.05) is 6.07 Å². The fraction of sp³-hybridized carbons (Fsp3) is 0.438. The average molecular weight is 333 g/mol. The van der Waals surface area contributed by atoms with Gasteiger partial charge in [0, 0.05) is 12.1 Å². The number of nitrogens with one attached hydrogen (secondary N) is 1. The van der Waals surface area contributed by atoms with Crippen molar-refractivity contribution in [3.8, 4) is 0 Å². The number of nitrogens with zero attached hydrogens (tertiary/aromatic N) is 2. The van der Waals surface area contributed by atoms with Gasteiger partial charge in [-0.2, -0.15) is 0 Å². The molecule has 0 radical (unpaired) electrons. The number of aryl methyl sites for hydroxylation is 2. The number of benzene rings is 1. The highest BCUT2D eigenvalue weighted by molar-refractivity contribution is 8.02. The first kappa shape index (κ1) is 15.5. The van der Waals surface area contributed by atoms with Crippen molar-refractivity contribution in [2.45, 2.75) is 49.1 Å². The zero-order chi connectivity index (χ0) is 15.5. The summed E-state index contributed by atoms with van der Waals surface area (Å²) in [5, 5.41) is 12.5. The molecule has 22 heavy (non-hydrogen) atoms. The van der Waals surface area contributed by atoms with Crippen LogP contribution in [-0.2, 0) is 4.79 Å². The number of rotatable bonds is 4. The van der Waals surface area contributed by atoms with Gasteiger partial charge in [-0.15, -0.1) is 10.2 Å². The lowest BCUT2D eigenvalue weighted by Gasteiger charge is -2.17. The van der Waals surface area contributed by atoms with E-state index < -0.39 is 0 Å². The maximum absolute atomic E-state index is 11.9. The Kier molecular flexibility index (Phi) is 4.78. The maximum atomic E-state index is 11.9. The van der Waals surface area contributed by atoms with Crippen LogP contribution in [0.1, 0.15) is 36.8 Å². The molecule has 1 aliphatic rings. The number of aromatic nitrogens is 2. The van der Waals surface area contributed by atoms with Gasteiger partial charge < -0.3 is 5.32 Å². The number of carbonyl (C=O) groups excluding carboxylic acids is 1. The van der Waals surface area contributed by atoms with E-state index in [9.17, 15) is 4.79 Å². The van der Waals surface area contributed by atoms with Crippen molar-refractivity contribution in [3.63, 3.8) is 0 Å². The van der Waals surface area contributed by atoms with Crippen molar-refractivity contribution in [2.24, 2.45) is 0 Å². The van der Waals surface area contributed by atoms with Gasteiger partial charge in [-0.05, 0) is 49.9 Å². The summed E-state index contributed by atoms with van der Waals surface area (Å²) < 4.78 is 0.867. The van der Waals surface area contributed by atoms with E-state index >= 15 is 0 Å². The van der Waals surface area contributed by atoms with Crippen molar-refractivity contribution in [3.05, 3.63) is 29.3 Å². The minimum atomic E-state index is 0.0659. The van der Waals surface area contributed by atoms with Crippen LogP contribution in [0.15, 0.2) is 22.5 Å². The van der Waals surface area contributed by atoms with Crippen LogP contribution in [0.4, 0.5) is 10.8 Å². The zero-order valence-electron chi connectivity index (χ0n) is 12.8. The minimum absolute atomic E-state index is 0.0659. The van der Waals surface area contributed by atoms with Gasteiger partial charge in [0.25, 0.3) is 0 Å². The fourth-order valence-corrected chi connectivity index (χ4v) is 4.59. The van der Waals surface area contributed by atoms with Gasteiger partial charge in [0.15, 0.2) is 4.34 Å². The monoisotopic (exact) mass is 333 g/mol. The molecule has 2 aromatic rings. The van der Waals surface area contributed by atoms with Crippen LogP contribution in [0.5, 0.6) is 0 Å². The summed E-state index contributed by atoms with van der Waals surface area (Å²) in [7, 11) is 0. The first-order chi connectivity index (χ1) is 10.6. The summed E-state index contributed by atoms with van der Waals surface area (Å²) in [5.74, 6) is 0.357. The predicted octanol–water partition coefficient (Wildman–Crippen LogP) is 4.50. The summed E-state index contributed by atoms with van der Waals surface area (Å²) >= 11 is 3.08. The number of Topliss-reactive ketones (excluding diaryl/α,β-unsaturated/α-hetero) is 1. The Morgan fingerprint density at radius 2 is 2.09 bits per heavy atom. The molecule has 1 fully saturated rings. The van der Waals surface area contributed by atoms with Crippen molar-refractivity contribution in [2.75, 3.05) is 5.32 Å². The Morgan fingerprint density at radius 1 is 1.23 bits per heavy atom. The molecule has 0 amide bonds. The van der Waals surface area contributed by atoms with Crippen molar-refractivity contribution >= 4 is 39.7 Å². The SMILES string of the molecule is Cc1ccc(Nc2nnc(S[C@H]3CCCCC3=O)s2)cc1C. The van der Waals surface area contributed by atoms with E-state index in [2.05, 4.69) is 41.5 Å². The molecule has 1 saturated carbocycles. The van der Waals surface area contributed by atoms with E-state index in [4.69, 9.17) is 0 Å².